The minimum absolute atomic E-state index is 0.0191. The zero-order valence-electron chi connectivity index (χ0n) is 33.2. The maximum absolute atomic E-state index is 13.9. The largest absolute Gasteiger partial charge is 0.497 e. The molecule has 1 saturated heterocycles. The van der Waals surface area contributed by atoms with E-state index in [2.05, 4.69) is 38.8 Å². The Morgan fingerprint density at radius 2 is 1.43 bits per heavy atom. The molecule has 0 saturated carbocycles. The average molecular weight is 782 g/mol. The number of nitrogens with one attached hydrogen (secondary N) is 1. The second-order valence-corrected chi connectivity index (χ2v) is 20.3. The van der Waals surface area contributed by atoms with E-state index in [1.54, 1.807) is 33.2 Å². The Labute approximate surface area is 327 Å². The highest BCUT2D eigenvalue weighted by molar-refractivity contribution is 6.74. The van der Waals surface area contributed by atoms with Crippen LogP contribution in [0.25, 0.3) is 10.9 Å². The first-order valence-electron chi connectivity index (χ1n) is 18.3. The highest BCUT2D eigenvalue weighted by Crippen LogP contribution is 2.45. The van der Waals surface area contributed by atoms with Gasteiger partial charge in [-0.05, 0) is 65.2 Å². The van der Waals surface area contributed by atoms with E-state index in [0.29, 0.717) is 11.5 Å². The van der Waals surface area contributed by atoms with Gasteiger partial charge in [0, 0.05) is 26.6 Å². The Balaban J connectivity index is 1.49. The summed E-state index contributed by atoms with van der Waals surface area (Å²) in [6.07, 6.45) is -0.629. The van der Waals surface area contributed by atoms with Gasteiger partial charge < -0.3 is 28.3 Å². The summed E-state index contributed by atoms with van der Waals surface area (Å²) in [6, 6.07) is 28.0. The van der Waals surface area contributed by atoms with Crippen LogP contribution in [-0.2, 0) is 19.5 Å². The molecule has 6 rings (SSSR count). The number of anilines is 1. The Kier molecular flexibility index (Phi) is 11.3. The summed E-state index contributed by atoms with van der Waals surface area (Å²) in [5.41, 5.74) is 0.0177. The van der Waals surface area contributed by atoms with Crippen molar-refractivity contribution in [2.75, 3.05) is 39.8 Å². The molecule has 1 aliphatic rings. The van der Waals surface area contributed by atoms with Gasteiger partial charge in [-0.15, -0.1) is 0 Å². The summed E-state index contributed by atoms with van der Waals surface area (Å²) in [7, 11) is 4.03. The molecular formula is C42H49N4O9Si. The number of benzene rings is 4. The van der Waals surface area contributed by atoms with Crippen molar-refractivity contribution in [1.82, 2.24) is 9.55 Å². The molecule has 5 aromatic rings. The lowest BCUT2D eigenvalue weighted by Gasteiger charge is -2.39. The van der Waals surface area contributed by atoms with E-state index in [0.717, 1.165) is 16.7 Å². The second-order valence-electron chi connectivity index (χ2n) is 15.6. The second kappa shape index (κ2) is 15.7. The van der Waals surface area contributed by atoms with Crippen molar-refractivity contribution in [3.05, 3.63) is 145 Å². The van der Waals surface area contributed by atoms with E-state index in [-0.39, 0.29) is 33.9 Å². The molecular weight excluding hydrogens is 733 g/mol. The summed E-state index contributed by atoms with van der Waals surface area (Å²) in [6.45, 7) is 10.6. The highest BCUT2D eigenvalue weighted by atomic mass is 28.4. The summed E-state index contributed by atoms with van der Waals surface area (Å²) in [5, 5.41) is 11.9. The molecule has 56 heavy (non-hydrogen) atoms. The molecule has 14 heteroatoms. The lowest BCUT2D eigenvalue weighted by molar-refractivity contribution is -0.384. The van der Waals surface area contributed by atoms with Crippen molar-refractivity contribution in [3.8, 4) is 11.5 Å². The number of rotatable bonds is 13. The molecule has 1 radical (unpaired) electrons. The van der Waals surface area contributed by atoms with Crippen molar-refractivity contribution < 1.29 is 28.3 Å². The minimum Gasteiger partial charge on any atom is -0.497 e. The molecule has 0 amide bonds. The van der Waals surface area contributed by atoms with Gasteiger partial charge in [0.05, 0.1) is 48.9 Å². The molecule has 1 aliphatic heterocycles. The number of hydrogen-bond donors (Lipinski definition) is 1. The first kappa shape index (κ1) is 40.4. The van der Waals surface area contributed by atoms with Crippen LogP contribution in [0.1, 0.15) is 43.7 Å². The fourth-order valence-corrected chi connectivity index (χ4v) is 8.07. The number of fused-ring (bicyclic) bond motifs is 1. The maximum Gasteiger partial charge on any atom is 0.331 e. The van der Waals surface area contributed by atoms with Crippen LogP contribution in [0.4, 0.5) is 11.4 Å². The topological polar surface area (TPSA) is 147 Å². The van der Waals surface area contributed by atoms with E-state index >= 15 is 0 Å². The van der Waals surface area contributed by atoms with Gasteiger partial charge in [0.1, 0.15) is 22.8 Å². The number of nitrogens with zero attached hydrogens (tertiary/aromatic N) is 3. The standard InChI is InChI=1S/C42H49N4O9Si/c1-41(2,3)56(8,9)55-37-23-32(54-39(37)45-34-25-35(44(4)5)36(46(49)50)24-33(34)38(47)43-40(45)48)26-53-42(27-13-11-10-12-14-27,28-15-19-30(51-6)20-16-28)29-17-21-31(52-7)22-18-29/h10-25,32,37,39H,26H2,1-9H3,(H,43,47,48)/t32-,37-,39-/m1/s1. The number of hydrogen-bond acceptors (Lipinski definition) is 10. The van der Waals surface area contributed by atoms with Crippen LogP contribution in [0.5, 0.6) is 11.5 Å². The number of methoxy groups -OCH3 is 2. The molecule has 0 aliphatic carbocycles. The van der Waals surface area contributed by atoms with Gasteiger partial charge in [-0.25, -0.2) is 4.79 Å². The number of ether oxygens (including phenoxy) is 4. The van der Waals surface area contributed by atoms with E-state index in [9.17, 15) is 19.7 Å². The summed E-state index contributed by atoms with van der Waals surface area (Å²) < 4.78 is 33.3. The van der Waals surface area contributed by atoms with E-state index < -0.39 is 48.5 Å². The predicted octanol–water partition coefficient (Wildman–Crippen LogP) is 7.18. The smallest absolute Gasteiger partial charge is 0.331 e. The fourth-order valence-electron chi connectivity index (χ4n) is 6.85. The Bertz CT molecular complexity index is 2250. The number of H-pyrrole nitrogens is 1. The van der Waals surface area contributed by atoms with Crippen molar-refractivity contribution in [2.45, 2.75) is 62.9 Å². The van der Waals surface area contributed by atoms with Gasteiger partial charge in [-0.3, -0.25) is 24.5 Å². The van der Waals surface area contributed by atoms with Crippen molar-refractivity contribution in [1.29, 1.82) is 0 Å². The summed E-state index contributed by atoms with van der Waals surface area (Å²) in [5.74, 6) is 1.38. The van der Waals surface area contributed by atoms with Gasteiger partial charge in [0.15, 0.2) is 14.5 Å². The summed E-state index contributed by atoms with van der Waals surface area (Å²) >= 11 is 0. The number of nitro benzene ring substituents is 1. The van der Waals surface area contributed by atoms with Gasteiger partial charge >= 0.3 is 5.69 Å². The third-order valence-corrected chi connectivity index (χ3v) is 15.3. The van der Waals surface area contributed by atoms with Crippen molar-refractivity contribution in [2.24, 2.45) is 0 Å². The Hall–Kier alpha value is -5.28. The van der Waals surface area contributed by atoms with Crippen LogP contribution in [0, 0.1) is 16.5 Å². The van der Waals surface area contributed by atoms with Crippen molar-refractivity contribution in [3.63, 3.8) is 0 Å². The van der Waals surface area contributed by atoms with Crippen LogP contribution in [0.15, 0.2) is 101 Å². The third-order valence-electron chi connectivity index (χ3n) is 10.8. The van der Waals surface area contributed by atoms with Crippen LogP contribution in [0.2, 0.25) is 18.1 Å². The van der Waals surface area contributed by atoms with E-state index in [1.165, 1.54) is 16.7 Å². The Morgan fingerprint density at radius 3 is 1.93 bits per heavy atom. The predicted molar refractivity (Wildman–Crippen MR) is 218 cm³/mol. The average Bonchev–Trinajstić information content (AvgIpc) is 3.55. The normalized spacial score (nSPS) is 17.6. The SMILES string of the molecule is COc1ccc(C(OC[C@H]2[CH][C@@H](O[Si](C)(C)C(C)(C)C)[C@H](n3c(=O)[nH]c(=O)c4cc([N+](=O)[O-])c(N(C)C)cc43)O2)(c2ccccc2)c2ccc(OC)cc2)cc1. The van der Waals surface area contributed by atoms with Gasteiger partial charge in [-0.2, -0.15) is 0 Å². The molecule has 0 unspecified atom stereocenters. The first-order chi connectivity index (χ1) is 26.5. The molecule has 1 aromatic heterocycles. The van der Waals surface area contributed by atoms with Crippen molar-refractivity contribution >= 4 is 30.6 Å². The zero-order valence-corrected chi connectivity index (χ0v) is 34.2. The van der Waals surface area contributed by atoms with Gasteiger partial charge in [-0.1, -0.05) is 75.4 Å². The third kappa shape index (κ3) is 7.61. The molecule has 3 atom stereocenters. The van der Waals surface area contributed by atoms with Crippen LogP contribution in [0.3, 0.4) is 0 Å². The van der Waals surface area contributed by atoms with Crippen LogP contribution in [-0.4, -0.2) is 69.9 Å². The highest BCUT2D eigenvalue weighted by Gasteiger charge is 2.48. The molecule has 0 bridgehead atoms. The Morgan fingerprint density at radius 1 is 0.875 bits per heavy atom. The molecule has 4 aromatic carbocycles. The number of aromatic nitrogens is 2. The zero-order chi connectivity index (χ0) is 40.6. The lowest BCUT2D eigenvalue weighted by atomic mass is 9.80. The van der Waals surface area contributed by atoms with Crippen LogP contribution >= 0.6 is 0 Å². The van der Waals surface area contributed by atoms with Crippen LogP contribution < -0.4 is 25.6 Å². The van der Waals surface area contributed by atoms with Gasteiger partial charge in [0.2, 0.25) is 0 Å². The molecule has 295 valence electrons. The number of nitro groups is 1. The van der Waals surface area contributed by atoms with Gasteiger partial charge in [0.25, 0.3) is 11.2 Å². The molecule has 1 N–H and O–H groups in total. The lowest BCUT2D eigenvalue weighted by Crippen LogP contribution is -2.46. The fraction of sp³-hybridized carbons (Fsp3) is 0.357. The monoisotopic (exact) mass is 781 g/mol. The first-order valence-corrected chi connectivity index (χ1v) is 21.2. The molecule has 1 fully saturated rings. The molecule has 2 heterocycles. The summed E-state index contributed by atoms with van der Waals surface area (Å²) in [4.78, 5) is 42.6. The minimum atomic E-state index is -2.52. The maximum atomic E-state index is 13.9. The van der Waals surface area contributed by atoms with E-state index in [4.69, 9.17) is 23.4 Å². The molecule has 13 nitrogen and oxygen atoms in total. The molecule has 0 spiro atoms. The quantitative estimate of drug-likeness (QED) is 0.0564. The van der Waals surface area contributed by atoms with E-state index in [1.807, 2.05) is 85.3 Å². The number of aromatic amines is 1.